The summed E-state index contributed by atoms with van der Waals surface area (Å²) in [5.41, 5.74) is -2.43. The number of nitrogens with one attached hydrogen (secondary N) is 4. The number of anilines is 2. The number of hydrogen-bond donors (Lipinski definition) is 14. The monoisotopic (exact) mass is 1580 g/mol. The predicted octanol–water partition coefficient (Wildman–Crippen LogP) is -3.31. The first-order valence-electron chi connectivity index (χ1n) is 17.7. The molecule has 64 heavy (non-hydrogen) atoms. The maximum atomic E-state index is 14.1. The Morgan fingerprint density at radius 2 is 0.750 bits per heavy atom. The number of halogens is 6. The molecular weight excluding hydrogens is 1540 g/mol. The molecule has 0 aliphatic rings. The molecule has 14 N–H and O–H groups in total. The molecule has 8 amide bonds. The molecule has 0 heterocycles. The van der Waals surface area contributed by atoms with Crippen LogP contribution in [0.15, 0.2) is 0 Å². The minimum absolute atomic E-state index is 0.133. The van der Waals surface area contributed by atoms with Gasteiger partial charge in [-0.15, -0.1) is 0 Å². The number of aliphatic hydroxyl groups is 10. The molecule has 0 spiro atoms. The van der Waals surface area contributed by atoms with E-state index in [0.717, 1.165) is 9.80 Å². The average molecular weight is 1580 g/mol. The van der Waals surface area contributed by atoms with E-state index in [9.17, 15) is 89.4 Å². The van der Waals surface area contributed by atoms with E-state index in [-0.39, 0.29) is 43.9 Å². The highest BCUT2D eigenvalue weighted by Gasteiger charge is 2.36. The first-order chi connectivity index (χ1) is 30.0. The zero-order valence-corrected chi connectivity index (χ0v) is 45.2. The van der Waals surface area contributed by atoms with Crippen LogP contribution in [0.25, 0.3) is 0 Å². The van der Waals surface area contributed by atoms with Crippen LogP contribution in [0.4, 0.5) is 11.4 Å². The zero-order chi connectivity index (χ0) is 48.9. The second-order valence-electron chi connectivity index (χ2n) is 12.7. The van der Waals surface area contributed by atoms with Gasteiger partial charge in [-0.25, -0.2) is 0 Å². The van der Waals surface area contributed by atoms with Gasteiger partial charge in [-0.3, -0.25) is 49.0 Å². The second-order valence-corrected chi connectivity index (χ2v) is 19.2. The Kier molecular flexibility index (Phi) is 25.3. The number of aliphatic hydroxyl groups excluding tert-OH is 10. The average Bonchev–Trinajstić information content (AvgIpc) is 3.24. The topological polar surface area (TPSA) is 393 Å². The Bertz CT molecular complexity index is 2000. The largest absolute Gasteiger partial charge is 0.395 e. The van der Waals surface area contributed by atoms with Crippen LogP contribution in [0.3, 0.4) is 0 Å². The highest BCUT2D eigenvalue weighted by atomic mass is 127. The minimum atomic E-state index is -2.06. The Morgan fingerprint density at radius 3 is 1.02 bits per heavy atom. The molecule has 0 bridgehead atoms. The van der Waals surface area contributed by atoms with Gasteiger partial charge in [0.25, 0.3) is 35.4 Å². The summed E-state index contributed by atoms with van der Waals surface area (Å²) in [6, 6.07) is 0. The van der Waals surface area contributed by atoms with Gasteiger partial charge >= 0.3 is 11.8 Å². The highest BCUT2D eigenvalue weighted by Crippen LogP contribution is 2.38. The van der Waals surface area contributed by atoms with E-state index in [4.69, 9.17) is 0 Å². The molecule has 2 aromatic carbocycles. The summed E-state index contributed by atoms with van der Waals surface area (Å²) >= 11 is 9.47. The first kappa shape index (κ1) is 58.7. The summed E-state index contributed by atoms with van der Waals surface area (Å²) < 4.78 is -0.974. The number of amides is 8. The molecule has 0 aromatic heterocycles. The molecule has 0 saturated carbocycles. The summed E-state index contributed by atoms with van der Waals surface area (Å²) in [5.74, 6) is -10.2. The molecule has 0 fully saturated rings. The lowest BCUT2D eigenvalue weighted by atomic mass is 10.1. The lowest BCUT2D eigenvalue weighted by Gasteiger charge is -2.27. The number of benzene rings is 2. The van der Waals surface area contributed by atoms with E-state index in [2.05, 4.69) is 10.6 Å². The fourth-order valence-corrected chi connectivity index (χ4v) is 13.9. The van der Waals surface area contributed by atoms with E-state index < -0.39 is 149 Å². The molecule has 0 aliphatic carbocycles. The number of hydrogen-bond acceptors (Lipinski definition) is 18. The van der Waals surface area contributed by atoms with Gasteiger partial charge in [0.2, 0.25) is 0 Å². The van der Waals surface area contributed by atoms with Gasteiger partial charge in [0, 0.05) is 33.3 Å². The number of carbonyl (C=O) groups excluding carboxylic acids is 8. The third-order valence-electron chi connectivity index (χ3n) is 8.22. The first-order valence-corrected chi connectivity index (χ1v) is 24.2. The van der Waals surface area contributed by atoms with Crippen molar-refractivity contribution in [3.8, 4) is 0 Å². The van der Waals surface area contributed by atoms with E-state index in [0.29, 0.717) is 0 Å². The fourth-order valence-electron chi connectivity index (χ4n) is 5.08. The van der Waals surface area contributed by atoms with E-state index in [1.165, 1.54) is 0 Å². The summed E-state index contributed by atoms with van der Waals surface area (Å²) in [7, 11) is 0. The van der Waals surface area contributed by atoms with Crippen molar-refractivity contribution >= 4 is 194 Å². The molecule has 2 aromatic rings. The van der Waals surface area contributed by atoms with Gasteiger partial charge in [-0.2, -0.15) is 0 Å². The third-order valence-corrected chi connectivity index (χ3v) is 14.7. The molecule has 0 radical (unpaired) electrons. The minimum Gasteiger partial charge on any atom is -0.395 e. The predicted molar refractivity (Wildman–Crippen MR) is 270 cm³/mol. The molecule has 0 saturated heterocycles. The van der Waals surface area contributed by atoms with Crippen molar-refractivity contribution in [3.63, 3.8) is 0 Å². The van der Waals surface area contributed by atoms with Crippen molar-refractivity contribution < 1.29 is 89.4 Å². The molecule has 2 rings (SSSR count). The normalized spacial score (nSPS) is 12.9. The van der Waals surface area contributed by atoms with Crippen molar-refractivity contribution in [3.05, 3.63) is 43.7 Å². The third kappa shape index (κ3) is 14.8. The lowest BCUT2D eigenvalue weighted by Crippen LogP contribution is -2.43. The Balaban J connectivity index is 2.90. The lowest BCUT2D eigenvalue weighted by molar-refractivity contribution is -0.133. The molecule has 354 valence electrons. The van der Waals surface area contributed by atoms with Crippen molar-refractivity contribution in [2.45, 2.75) is 24.4 Å². The molecular formula is C34H38I6N6O18. The zero-order valence-electron chi connectivity index (χ0n) is 32.3. The molecule has 0 aliphatic heterocycles. The van der Waals surface area contributed by atoms with Gasteiger partial charge in [0.15, 0.2) is 12.2 Å². The summed E-state index contributed by atoms with van der Waals surface area (Å²) in [6.07, 6.45) is -7.10. The Labute approximate surface area is 443 Å². The van der Waals surface area contributed by atoms with Crippen molar-refractivity contribution in [2.75, 3.05) is 76.5 Å². The summed E-state index contributed by atoms with van der Waals surface area (Å²) in [6.45, 7) is -6.91. The molecule has 4 unspecified atom stereocenters. The Morgan fingerprint density at radius 1 is 0.453 bits per heavy atom. The smallest absolute Gasteiger partial charge is 0.314 e. The fraction of sp³-hybridized carbons (Fsp3) is 0.412. The summed E-state index contributed by atoms with van der Waals surface area (Å²) in [5, 5.41) is 105. The van der Waals surface area contributed by atoms with Crippen LogP contribution in [0.2, 0.25) is 0 Å². The van der Waals surface area contributed by atoms with Crippen LogP contribution in [0.5, 0.6) is 0 Å². The number of imide groups is 2. The van der Waals surface area contributed by atoms with Crippen molar-refractivity contribution in [1.29, 1.82) is 0 Å². The standard InChI is InChI=1S/C34H38I6N6O18/c35-19-15(29(59)43-27(57)13(55)9-51)21(37)25(23(39)17(19)33(63)45(1-3-47)5-11(53)7-49)41-31(61)32(62)42-26-22(38)16(30(60)44-28(58)14(56)10-52)20(36)18(24(26)40)34(64)46(2-4-48)6-12(54)8-50/h11-14,47-56H,1-10H2,(H,41,61)(H,42,62)(H,43,57,59)(H,44,58,60). The van der Waals surface area contributed by atoms with Gasteiger partial charge in [0.1, 0.15) is 0 Å². The molecule has 24 nitrogen and oxygen atoms in total. The number of carbonyl (C=O) groups is 8. The number of nitrogens with zero attached hydrogens (tertiary/aromatic N) is 2. The van der Waals surface area contributed by atoms with Crippen molar-refractivity contribution in [2.24, 2.45) is 0 Å². The maximum Gasteiger partial charge on any atom is 0.314 e. The SMILES string of the molecule is O=C(Nc1c(I)c(C(=O)NC(=O)C(O)CO)c(I)c(C(=O)N(CCO)CC(O)CO)c1I)C(=O)Nc1c(I)c(C(=O)NC(=O)C(O)CO)c(I)c(C(=O)N(CCO)CC(O)CO)c1I. The van der Waals surface area contributed by atoms with Crippen LogP contribution < -0.4 is 21.3 Å². The Hall–Kier alpha value is -1.42. The van der Waals surface area contributed by atoms with Gasteiger partial charge in [-0.1, -0.05) is 0 Å². The number of rotatable bonds is 20. The van der Waals surface area contributed by atoms with Crippen LogP contribution >= 0.6 is 136 Å². The summed E-state index contributed by atoms with van der Waals surface area (Å²) in [4.78, 5) is 110. The molecule has 30 heteroatoms. The van der Waals surface area contributed by atoms with E-state index in [1.807, 2.05) is 10.6 Å². The van der Waals surface area contributed by atoms with Gasteiger partial charge < -0.3 is 71.5 Å². The molecule has 4 atom stereocenters. The van der Waals surface area contributed by atoms with E-state index in [1.54, 1.807) is 136 Å². The van der Waals surface area contributed by atoms with Crippen LogP contribution in [0, 0.1) is 21.4 Å². The van der Waals surface area contributed by atoms with Crippen LogP contribution in [0.1, 0.15) is 41.4 Å². The maximum absolute atomic E-state index is 14.1. The quantitative estimate of drug-likeness (QED) is 0.0456. The van der Waals surface area contributed by atoms with Gasteiger partial charge in [0.05, 0.1) is 99.8 Å². The van der Waals surface area contributed by atoms with Crippen LogP contribution in [-0.4, -0.2) is 198 Å². The van der Waals surface area contributed by atoms with Gasteiger partial charge in [-0.05, 0) is 136 Å². The highest BCUT2D eigenvalue weighted by molar-refractivity contribution is 14.1. The second kappa shape index (κ2) is 27.5. The van der Waals surface area contributed by atoms with Crippen molar-refractivity contribution in [1.82, 2.24) is 20.4 Å². The van der Waals surface area contributed by atoms with E-state index >= 15 is 0 Å². The van der Waals surface area contributed by atoms with Crippen LogP contribution in [-0.2, 0) is 19.2 Å².